The van der Waals surface area contributed by atoms with Crippen molar-refractivity contribution >= 4 is 15.9 Å². The molecule has 0 aromatic heterocycles. The minimum absolute atomic E-state index is 0.123. The van der Waals surface area contributed by atoms with Gasteiger partial charge in [-0.15, -0.1) is 0 Å². The fourth-order valence-corrected chi connectivity index (χ4v) is 1.89. The molecular weight excluding hydrogens is 272 g/mol. The van der Waals surface area contributed by atoms with Crippen LogP contribution in [0.4, 0.5) is 0 Å². The van der Waals surface area contributed by atoms with Gasteiger partial charge in [-0.2, -0.15) is 0 Å². The summed E-state index contributed by atoms with van der Waals surface area (Å²) in [7, 11) is 1.62. The Hall–Kier alpha value is -0.740. The molecule has 1 aromatic carbocycles. The molecular formula is C12H17BrO3. The zero-order valence-electron chi connectivity index (χ0n) is 9.62. The standard InChI is InChI=1S/C12H17BrO3/c1-3-6-16-12-7-9(4-5-14)10(13)8-11(12)15-2/h7-8,14H,3-6H2,1-2H3. The average molecular weight is 289 g/mol. The molecule has 0 aliphatic rings. The van der Waals surface area contributed by atoms with Crippen LogP contribution in [0.3, 0.4) is 0 Å². The van der Waals surface area contributed by atoms with Gasteiger partial charge < -0.3 is 14.6 Å². The number of halogens is 1. The molecule has 0 saturated heterocycles. The minimum atomic E-state index is 0.123. The predicted octanol–water partition coefficient (Wildman–Crippen LogP) is 2.78. The molecule has 0 aliphatic heterocycles. The Morgan fingerprint density at radius 2 is 2.06 bits per heavy atom. The van der Waals surface area contributed by atoms with Crippen molar-refractivity contribution in [2.75, 3.05) is 20.3 Å². The van der Waals surface area contributed by atoms with E-state index in [1.54, 1.807) is 7.11 Å². The van der Waals surface area contributed by atoms with Gasteiger partial charge in [0.15, 0.2) is 11.5 Å². The molecule has 0 spiro atoms. The number of aliphatic hydroxyl groups is 1. The van der Waals surface area contributed by atoms with Gasteiger partial charge in [-0.05, 0) is 30.5 Å². The van der Waals surface area contributed by atoms with Crippen molar-refractivity contribution in [3.8, 4) is 11.5 Å². The fourth-order valence-electron chi connectivity index (χ4n) is 1.37. The molecule has 0 saturated carbocycles. The van der Waals surface area contributed by atoms with Crippen LogP contribution in [0.1, 0.15) is 18.9 Å². The lowest BCUT2D eigenvalue weighted by atomic mass is 10.1. The van der Waals surface area contributed by atoms with E-state index in [9.17, 15) is 0 Å². The smallest absolute Gasteiger partial charge is 0.161 e. The molecule has 1 rings (SSSR count). The maximum absolute atomic E-state index is 8.94. The van der Waals surface area contributed by atoms with Crippen LogP contribution in [0, 0.1) is 0 Å². The molecule has 16 heavy (non-hydrogen) atoms. The van der Waals surface area contributed by atoms with Crippen molar-refractivity contribution in [2.45, 2.75) is 19.8 Å². The van der Waals surface area contributed by atoms with Gasteiger partial charge in [-0.3, -0.25) is 0 Å². The summed E-state index contributed by atoms with van der Waals surface area (Å²) in [5.74, 6) is 1.44. The second-order valence-corrected chi connectivity index (χ2v) is 4.27. The van der Waals surface area contributed by atoms with Crippen LogP contribution in [0.5, 0.6) is 11.5 Å². The third-order valence-electron chi connectivity index (χ3n) is 2.18. The maximum atomic E-state index is 8.94. The van der Waals surface area contributed by atoms with Crippen molar-refractivity contribution in [3.05, 3.63) is 22.2 Å². The quantitative estimate of drug-likeness (QED) is 0.875. The Balaban J connectivity index is 2.97. The molecule has 0 unspecified atom stereocenters. The van der Waals surface area contributed by atoms with Crippen molar-refractivity contribution in [3.63, 3.8) is 0 Å². The molecule has 4 heteroatoms. The first-order chi connectivity index (χ1) is 7.72. The van der Waals surface area contributed by atoms with Gasteiger partial charge in [0, 0.05) is 11.1 Å². The number of methoxy groups -OCH3 is 1. The van der Waals surface area contributed by atoms with E-state index < -0.39 is 0 Å². The zero-order valence-corrected chi connectivity index (χ0v) is 11.2. The topological polar surface area (TPSA) is 38.7 Å². The van der Waals surface area contributed by atoms with E-state index in [-0.39, 0.29) is 6.61 Å². The highest BCUT2D eigenvalue weighted by atomic mass is 79.9. The average Bonchev–Trinajstić information content (AvgIpc) is 2.29. The molecule has 0 radical (unpaired) electrons. The van der Waals surface area contributed by atoms with Gasteiger partial charge in [0.25, 0.3) is 0 Å². The van der Waals surface area contributed by atoms with E-state index >= 15 is 0 Å². The minimum Gasteiger partial charge on any atom is -0.493 e. The number of hydrogen-bond acceptors (Lipinski definition) is 3. The first kappa shape index (κ1) is 13.3. The molecule has 0 bridgehead atoms. The Bertz CT molecular complexity index is 339. The van der Waals surface area contributed by atoms with Gasteiger partial charge in [-0.1, -0.05) is 22.9 Å². The number of benzene rings is 1. The SMILES string of the molecule is CCCOc1cc(CCO)c(Br)cc1OC. The Kier molecular flexibility index (Phi) is 5.63. The molecule has 0 aliphatic carbocycles. The predicted molar refractivity (Wildman–Crippen MR) is 67.3 cm³/mol. The van der Waals surface area contributed by atoms with E-state index in [0.717, 1.165) is 22.2 Å². The lowest BCUT2D eigenvalue weighted by Crippen LogP contribution is -2.00. The highest BCUT2D eigenvalue weighted by Crippen LogP contribution is 2.33. The van der Waals surface area contributed by atoms with Gasteiger partial charge in [0.05, 0.1) is 13.7 Å². The molecule has 0 heterocycles. The van der Waals surface area contributed by atoms with Crippen LogP contribution in [-0.2, 0) is 6.42 Å². The second kappa shape index (κ2) is 6.76. The molecule has 1 N–H and O–H groups in total. The Labute approximate surface area is 105 Å². The largest absolute Gasteiger partial charge is 0.493 e. The van der Waals surface area contributed by atoms with E-state index in [2.05, 4.69) is 22.9 Å². The molecule has 0 atom stereocenters. The Morgan fingerprint density at radius 1 is 1.31 bits per heavy atom. The van der Waals surface area contributed by atoms with Crippen LogP contribution >= 0.6 is 15.9 Å². The van der Waals surface area contributed by atoms with E-state index in [0.29, 0.717) is 18.8 Å². The van der Waals surface area contributed by atoms with E-state index in [1.165, 1.54) is 0 Å². The molecule has 0 amide bonds. The van der Waals surface area contributed by atoms with E-state index in [1.807, 2.05) is 12.1 Å². The number of hydrogen-bond donors (Lipinski definition) is 1. The molecule has 0 fully saturated rings. The molecule has 3 nitrogen and oxygen atoms in total. The van der Waals surface area contributed by atoms with Crippen LogP contribution in [0.15, 0.2) is 16.6 Å². The van der Waals surface area contributed by atoms with Crippen molar-refractivity contribution < 1.29 is 14.6 Å². The van der Waals surface area contributed by atoms with Crippen LogP contribution in [-0.4, -0.2) is 25.4 Å². The fraction of sp³-hybridized carbons (Fsp3) is 0.500. The van der Waals surface area contributed by atoms with Gasteiger partial charge in [0.2, 0.25) is 0 Å². The summed E-state index contributed by atoms with van der Waals surface area (Å²) in [6.07, 6.45) is 1.56. The lowest BCUT2D eigenvalue weighted by Gasteiger charge is -2.13. The van der Waals surface area contributed by atoms with Crippen molar-refractivity contribution in [2.24, 2.45) is 0 Å². The summed E-state index contributed by atoms with van der Waals surface area (Å²) in [6.45, 7) is 2.84. The normalized spacial score (nSPS) is 10.2. The summed E-state index contributed by atoms with van der Waals surface area (Å²) in [4.78, 5) is 0. The highest BCUT2D eigenvalue weighted by molar-refractivity contribution is 9.10. The van der Waals surface area contributed by atoms with Crippen LogP contribution in [0.25, 0.3) is 0 Å². The second-order valence-electron chi connectivity index (χ2n) is 3.42. The van der Waals surface area contributed by atoms with E-state index in [4.69, 9.17) is 14.6 Å². The summed E-state index contributed by atoms with van der Waals surface area (Å²) in [5, 5.41) is 8.94. The zero-order chi connectivity index (χ0) is 12.0. The Morgan fingerprint density at radius 3 is 2.62 bits per heavy atom. The number of aliphatic hydroxyl groups excluding tert-OH is 1. The number of rotatable bonds is 6. The maximum Gasteiger partial charge on any atom is 0.161 e. The third kappa shape index (κ3) is 3.39. The first-order valence-electron chi connectivity index (χ1n) is 5.33. The van der Waals surface area contributed by atoms with Gasteiger partial charge in [-0.25, -0.2) is 0 Å². The van der Waals surface area contributed by atoms with Gasteiger partial charge >= 0.3 is 0 Å². The van der Waals surface area contributed by atoms with Crippen molar-refractivity contribution in [1.29, 1.82) is 0 Å². The molecule has 90 valence electrons. The summed E-state index contributed by atoms with van der Waals surface area (Å²) >= 11 is 3.44. The number of ether oxygens (including phenoxy) is 2. The highest BCUT2D eigenvalue weighted by Gasteiger charge is 2.09. The first-order valence-corrected chi connectivity index (χ1v) is 6.12. The monoisotopic (exact) mass is 288 g/mol. The van der Waals surface area contributed by atoms with Crippen LogP contribution in [0.2, 0.25) is 0 Å². The van der Waals surface area contributed by atoms with Crippen molar-refractivity contribution in [1.82, 2.24) is 0 Å². The van der Waals surface area contributed by atoms with Gasteiger partial charge in [0.1, 0.15) is 0 Å². The van der Waals surface area contributed by atoms with Crippen LogP contribution < -0.4 is 9.47 Å². The summed E-state index contributed by atoms with van der Waals surface area (Å²) in [6, 6.07) is 3.78. The summed E-state index contributed by atoms with van der Waals surface area (Å²) < 4.78 is 11.8. The molecule has 1 aromatic rings. The lowest BCUT2D eigenvalue weighted by molar-refractivity contribution is 0.290. The third-order valence-corrected chi connectivity index (χ3v) is 2.91. The summed E-state index contributed by atoms with van der Waals surface area (Å²) in [5.41, 5.74) is 1.02.